The lowest BCUT2D eigenvalue weighted by Crippen LogP contribution is -2.40. The van der Waals surface area contributed by atoms with E-state index in [-0.39, 0.29) is 5.75 Å². The summed E-state index contributed by atoms with van der Waals surface area (Å²) >= 11 is 0. The van der Waals surface area contributed by atoms with Gasteiger partial charge in [-0.1, -0.05) is 20.3 Å². The summed E-state index contributed by atoms with van der Waals surface area (Å²) in [4.78, 5) is 0. The SMILES string of the molecule is CCCNCCS(=O)(=O)N(CC)CC1CCC1. The maximum absolute atomic E-state index is 12.1. The van der Waals surface area contributed by atoms with Crippen LogP contribution in [0, 0.1) is 5.92 Å². The molecule has 1 N–H and O–H groups in total. The van der Waals surface area contributed by atoms with E-state index in [2.05, 4.69) is 12.2 Å². The number of hydrogen-bond acceptors (Lipinski definition) is 3. The highest BCUT2D eigenvalue weighted by molar-refractivity contribution is 7.89. The van der Waals surface area contributed by atoms with Crippen LogP contribution in [0.1, 0.15) is 39.5 Å². The predicted octanol–water partition coefficient (Wildman–Crippen LogP) is 1.44. The van der Waals surface area contributed by atoms with Crippen molar-refractivity contribution in [1.82, 2.24) is 9.62 Å². The molecule has 1 fully saturated rings. The highest BCUT2D eigenvalue weighted by atomic mass is 32.2. The van der Waals surface area contributed by atoms with Crippen molar-refractivity contribution in [3.05, 3.63) is 0 Å². The molecule has 17 heavy (non-hydrogen) atoms. The molecule has 0 unspecified atom stereocenters. The van der Waals surface area contributed by atoms with Gasteiger partial charge in [-0.3, -0.25) is 0 Å². The van der Waals surface area contributed by atoms with Gasteiger partial charge in [-0.25, -0.2) is 12.7 Å². The van der Waals surface area contributed by atoms with Crippen LogP contribution in [0.25, 0.3) is 0 Å². The summed E-state index contributed by atoms with van der Waals surface area (Å²) in [6.45, 7) is 6.80. The standard InChI is InChI=1S/C12H26N2O2S/c1-3-8-13-9-10-17(15,16)14(4-2)11-12-6-5-7-12/h12-13H,3-11H2,1-2H3. The summed E-state index contributed by atoms with van der Waals surface area (Å²) in [6.07, 6.45) is 4.69. The van der Waals surface area contributed by atoms with E-state index in [1.165, 1.54) is 19.3 Å². The second kappa shape index (κ2) is 7.34. The first-order valence-corrected chi connectivity index (χ1v) is 8.39. The number of sulfonamides is 1. The van der Waals surface area contributed by atoms with Crippen molar-refractivity contribution in [3.63, 3.8) is 0 Å². The zero-order chi connectivity index (χ0) is 12.7. The van der Waals surface area contributed by atoms with Crippen LogP contribution in [0.4, 0.5) is 0 Å². The highest BCUT2D eigenvalue weighted by Crippen LogP contribution is 2.27. The topological polar surface area (TPSA) is 49.4 Å². The van der Waals surface area contributed by atoms with Gasteiger partial charge < -0.3 is 5.32 Å². The summed E-state index contributed by atoms with van der Waals surface area (Å²) in [7, 11) is -3.05. The average molecular weight is 262 g/mol. The molecule has 0 aromatic heterocycles. The van der Waals surface area contributed by atoms with E-state index in [9.17, 15) is 8.42 Å². The molecular formula is C12H26N2O2S. The van der Waals surface area contributed by atoms with Gasteiger partial charge in [0.1, 0.15) is 0 Å². The largest absolute Gasteiger partial charge is 0.316 e. The molecule has 0 amide bonds. The van der Waals surface area contributed by atoms with Gasteiger partial charge in [-0.05, 0) is 31.7 Å². The lowest BCUT2D eigenvalue weighted by atomic mass is 9.85. The number of rotatable bonds is 9. The Kier molecular flexibility index (Phi) is 6.44. The lowest BCUT2D eigenvalue weighted by Gasteiger charge is -2.31. The molecule has 0 aromatic rings. The van der Waals surface area contributed by atoms with Crippen LogP contribution < -0.4 is 5.32 Å². The monoisotopic (exact) mass is 262 g/mol. The first kappa shape index (κ1) is 14.9. The smallest absolute Gasteiger partial charge is 0.215 e. The van der Waals surface area contributed by atoms with Gasteiger partial charge in [-0.2, -0.15) is 0 Å². The Morgan fingerprint density at radius 1 is 1.24 bits per heavy atom. The van der Waals surface area contributed by atoms with Crippen molar-refractivity contribution in [1.29, 1.82) is 0 Å². The third-order valence-electron chi connectivity index (χ3n) is 3.40. The molecule has 0 atom stereocenters. The van der Waals surface area contributed by atoms with Gasteiger partial charge in [0.15, 0.2) is 0 Å². The molecule has 0 heterocycles. The third kappa shape index (κ3) is 4.94. The fraction of sp³-hybridized carbons (Fsp3) is 1.00. The van der Waals surface area contributed by atoms with Gasteiger partial charge in [0.05, 0.1) is 5.75 Å². The first-order chi connectivity index (χ1) is 8.10. The molecule has 102 valence electrons. The van der Waals surface area contributed by atoms with Gasteiger partial charge in [0.25, 0.3) is 0 Å². The molecule has 1 saturated carbocycles. The predicted molar refractivity (Wildman–Crippen MR) is 71.5 cm³/mol. The van der Waals surface area contributed by atoms with E-state index in [1.807, 2.05) is 6.92 Å². The van der Waals surface area contributed by atoms with E-state index >= 15 is 0 Å². The summed E-state index contributed by atoms with van der Waals surface area (Å²) in [6, 6.07) is 0. The van der Waals surface area contributed by atoms with Crippen molar-refractivity contribution in [3.8, 4) is 0 Å². The van der Waals surface area contributed by atoms with E-state index in [0.717, 1.165) is 19.5 Å². The average Bonchev–Trinajstić information content (AvgIpc) is 2.23. The van der Waals surface area contributed by atoms with E-state index in [4.69, 9.17) is 0 Å². The molecule has 1 aliphatic rings. The van der Waals surface area contributed by atoms with Crippen LogP contribution in [0.5, 0.6) is 0 Å². The molecule has 0 radical (unpaired) electrons. The van der Waals surface area contributed by atoms with E-state index < -0.39 is 10.0 Å². The maximum atomic E-state index is 12.1. The molecule has 0 aliphatic heterocycles. The summed E-state index contributed by atoms with van der Waals surface area (Å²) in [5.74, 6) is 0.835. The third-order valence-corrected chi connectivity index (χ3v) is 5.31. The normalized spacial score (nSPS) is 17.4. The minimum absolute atomic E-state index is 0.230. The molecule has 1 rings (SSSR count). The molecule has 0 aromatic carbocycles. The first-order valence-electron chi connectivity index (χ1n) is 6.78. The van der Waals surface area contributed by atoms with Gasteiger partial charge in [-0.15, -0.1) is 0 Å². The molecule has 0 saturated heterocycles. The number of nitrogens with one attached hydrogen (secondary N) is 1. The van der Waals surface area contributed by atoms with Crippen molar-refractivity contribution in [2.45, 2.75) is 39.5 Å². The number of hydrogen-bond donors (Lipinski definition) is 1. The Hall–Kier alpha value is -0.130. The van der Waals surface area contributed by atoms with Crippen molar-refractivity contribution in [2.75, 3.05) is 31.9 Å². The molecule has 0 spiro atoms. The van der Waals surface area contributed by atoms with Crippen LogP contribution in [0.2, 0.25) is 0 Å². The second-order valence-electron chi connectivity index (χ2n) is 4.81. The van der Waals surface area contributed by atoms with Gasteiger partial charge >= 0.3 is 0 Å². The molecule has 4 nitrogen and oxygen atoms in total. The van der Waals surface area contributed by atoms with Gasteiger partial charge in [0, 0.05) is 19.6 Å². The van der Waals surface area contributed by atoms with Crippen LogP contribution in [-0.2, 0) is 10.0 Å². The maximum Gasteiger partial charge on any atom is 0.215 e. The zero-order valence-electron chi connectivity index (χ0n) is 11.1. The van der Waals surface area contributed by atoms with Crippen molar-refractivity contribution >= 4 is 10.0 Å². The Bertz CT molecular complexity index is 300. The molecule has 5 heteroatoms. The van der Waals surface area contributed by atoms with Crippen LogP contribution in [0.15, 0.2) is 0 Å². The summed E-state index contributed by atoms with van der Waals surface area (Å²) in [5.41, 5.74) is 0. The van der Waals surface area contributed by atoms with Crippen LogP contribution in [-0.4, -0.2) is 44.7 Å². The fourth-order valence-electron chi connectivity index (χ4n) is 2.03. The van der Waals surface area contributed by atoms with Crippen LogP contribution in [0.3, 0.4) is 0 Å². The summed E-state index contributed by atoms with van der Waals surface area (Å²) < 4.78 is 25.8. The minimum atomic E-state index is -3.05. The van der Waals surface area contributed by atoms with Crippen molar-refractivity contribution < 1.29 is 8.42 Å². The quantitative estimate of drug-likeness (QED) is 0.640. The lowest BCUT2D eigenvalue weighted by molar-refractivity contribution is 0.250. The number of nitrogens with zero attached hydrogens (tertiary/aromatic N) is 1. The Morgan fingerprint density at radius 3 is 2.41 bits per heavy atom. The van der Waals surface area contributed by atoms with E-state index in [0.29, 0.717) is 19.0 Å². The van der Waals surface area contributed by atoms with Crippen LogP contribution >= 0.6 is 0 Å². The summed E-state index contributed by atoms with van der Waals surface area (Å²) in [5, 5.41) is 3.15. The Morgan fingerprint density at radius 2 is 1.94 bits per heavy atom. The highest BCUT2D eigenvalue weighted by Gasteiger charge is 2.26. The van der Waals surface area contributed by atoms with Gasteiger partial charge in [0.2, 0.25) is 10.0 Å². The van der Waals surface area contributed by atoms with E-state index in [1.54, 1.807) is 4.31 Å². The molecule has 1 aliphatic carbocycles. The fourth-order valence-corrected chi connectivity index (χ4v) is 3.53. The Labute approximate surface area is 106 Å². The molecule has 0 bridgehead atoms. The second-order valence-corrected chi connectivity index (χ2v) is 6.90. The molecular weight excluding hydrogens is 236 g/mol. The Balaban J connectivity index is 2.35. The van der Waals surface area contributed by atoms with Crippen molar-refractivity contribution in [2.24, 2.45) is 5.92 Å². The zero-order valence-corrected chi connectivity index (χ0v) is 11.9. The minimum Gasteiger partial charge on any atom is -0.316 e.